The predicted octanol–water partition coefficient (Wildman–Crippen LogP) is 3.50. The van der Waals surface area contributed by atoms with Gasteiger partial charge in [0.05, 0.1) is 5.69 Å². The first-order valence-corrected chi connectivity index (χ1v) is 7.18. The average molecular weight is 335 g/mol. The number of hydrogen-bond donors (Lipinski definition) is 1. The van der Waals surface area contributed by atoms with Gasteiger partial charge in [-0.05, 0) is 28.9 Å². The maximum Gasteiger partial charge on any atom is 0.107 e. The van der Waals surface area contributed by atoms with Gasteiger partial charge in [-0.1, -0.05) is 11.6 Å². The van der Waals surface area contributed by atoms with E-state index in [1.807, 2.05) is 24.9 Å². The van der Waals surface area contributed by atoms with E-state index in [0.717, 1.165) is 27.6 Å². The molecule has 0 aliphatic heterocycles. The molecule has 2 rings (SSSR count). The molecule has 3 nitrogen and oxygen atoms in total. The Kier molecular flexibility index (Phi) is 4.25. The molecule has 6 heteroatoms. The normalized spacial score (nSPS) is 11.1. The third kappa shape index (κ3) is 3.31. The van der Waals surface area contributed by atoms with Crippen molar-refractivity contribution in [3.05, 3.63) is 37.2 Å². The maximum atomic E-state index is 5.98. The van der Waals surface area contributed by atoms with E-state index in [2.05, 4.69) is 32.4 Å². The van der Waals surface area contributed by atoms with Gasteiger partial charge in [0, 0.05) is 41.2 Å². The van der Waals surface area contributed by atoms with Crippen LogP contribution < -0.4 is 5.32 Å². The van der Waals surface area contributed by atoms with E-state index >= 15 is 0 Å². The predicted molar refractivity (Wildman–Crippen MR) is 75.5 cm³/mol. The van der Waals surface area contributed by atoms with Crippen LogP contribution in [0.4, 0.5) is 0 Å². The summed E-state index contributed by atoms with van der Waals surface area (Å²) in [6, 6.07) is 2.05. The molecular weight excluding hydrogens is 322 g/mol. The Morgan fingerprint density at radius 3 is 2.82 bits per heavy atom. The van der Waals surface area contributed by atoms with Crippen molar-refractivity contribution in [2.75, 3.05) is 0 Å². The smallest absolute Gasteiger partial charge is 0.107 e. The lowest BCUT2D eigenvalue weighted by molar-refractivity contribution is 0.697. The van der Waals surface area contributed by atoms with Crippen LogP contribution in [0.25, 0.3) is 0 Å². The number of rotatable bonds is 4. The number of aromatic nitrogens is 2. The van der Waals surface area contributed by atoms with Gasteiger partial charge >= 0.3 is 0 Å². The van der Waals surface area contributed by atoms with E-state index < -0.39 is 0 Å². The number of thiophene rings is 1. The van der Waals surface area contributed by atoms with E-state index in [1.165, 1.54) is 10.4 Å². The summed E-state index contributed by atoms with van der Waals surface area (Å²) in [5.41, 5.74) is 2.31. The Hall–Kier alpha value is -0.360. The Labute approximate surface area is 118 Å². The van der Waals surface area contributed by atoms with Crippen molar-refractivity contribution in [1.29, 1.82) is 0 Å². The highest BCUT2D eigenvalue weighted by Crippen LogP contribution is 2.31. The number of aryl methyl sites for hydroxylation is 2. The van der Waals surface area contributed by atoms with Crippen molar-refractivity contribution in [3.8, 4) is 0 Å². The molecule has 0 aliphatic carbocycles. The zero-order chi connectivity index (χ0) is 12.4. The fourth-order valence-corrected chi connectivity index (χ4v) is 3.38. The molecule has 0 saturated heterocycles. The molecule has 0 bridgehead atoms. The third-order valence-electron chi connectivity index (χ3n) is 2.43. The summed E-state index contributed by atoms with van der Waals surface area (Å²) in [5, 5.41) is 7.70. The molecule has 0 aromatic carbocycles. The van der Waals surface area contributed by atoms with Gasteiger partial charge in [-0.25, -0.2) is 0 Å². The molecule has 92 valence electrons. The second-order valence-corrected chi connectivity index (χ2v) is 6.44. The molecule has 0 aliphatic rings. The van der Waals surface area contributed by atoms with E-state index in [1.54, 1.807) is 11.3 Å². The minimum Gasteiger partial charge on any atom is -0.308 e. The molecular formula is C11H13BrClN3S. The zero-order valence-electron chi connectivity index (χ0n) is 9.63. The number of hydrogen-bond acceptors (Lipinski definition) is 3. The van der Waals surface area contributed by atoms with E-state index in [-0.39, 0.29) is 0 Å². The third-order valence-corrected chi connectivity index (χ3v) is 4.90. The molecule has 0 amide bonds. The van der Waals surface area contributed by atoms with Gasteiger partial charge in [-0.15, -0.1) is 11.3 Å². The molecule has 0 radical (unpaired) electrons. The quantitative estimate of drug-likeness (QED) is 0.927. The monoisotopic (exact) mass is 333 g/mol. The summed E-state index contributed by atoms with van der Waals surface area (Å²) in [5.74, 6) is 0. The van der Waals surface area contributed by atoms with E-state index in [0.29, 0.717) is 0 Å². The van der Waals surface area contributed by atoms with E-state index in [9.17, 15) is 0 Å². The van der Waals surface area contributed by atoms with Gasteiger partial charge in [0.15, 0.2) is 0 Å². The molecule has 2 aromatic rings. The van der Waals surface area contributed by atoms with Crippen molar-refractivity contribution >= 4 is 38.9 Å². The highest BCUT2D eigenvalue weighted by atomic mass is 79.9. The SMILES string of the molecule is Cc1nn(C)cc1CNCc1cc(Br)c(Cl)s1. The second-order valence-electron chi connectivity index (χ2n) is 3.85. The standard InChI is InChI=1S/C11H13BrClN3S/c1-7-8(6-16(2)15-7)4-14-5-9-3-10(12)11(13)17-9/h3,6,14H,4-5H2,1-2H3. The molecule has 0 spiro atoms. The summed E-state index contributed by atoms with van der Waals surface area (Å²) in [4.78, 5) is 1.23. The van der Waals surface area contributed by atoms with Crippen LogP contribution in [-0.2, 0) is 20.1 Å². The summed E-state index contributed by atoms with van der Waals surface area (Å²) in [6.07, 6.45) is 2.04. The van der Waals surface area contributed by atoms with E-state index in [4.69, 9.17) is 11.6 Å². The van der Waals surface area contributed by atoms with Crippen LogP contribution in [0.2, 0.25) is 4.34 Å². The summed E-state index contributed by atoms with van der Waals surface area (Å²) >= 11 is 11.0. The second kappa shape index (κ2) is 5.52. The molecule has 2 aromatic heterocycles. The molecule has 0 fully saturated rings. The van der Waals surface area contributed by atoms with Crippen LogP contribution in [0.1, 0.15) is 16.1 Å². The molecule has 2 heterocycles. The molecule has 0 unspecified atom stereocenters. The van der Waals surface area contributed by atoms with Gasteiger partial charge in [0.2, 0.25) is 0 Å². The lowest BCUT2D eigenvalue weighted by atomic mass is 10.2. The Morgan fingerprint density at radius 1 is 1.53 bits per heavy atom. The van der Waals surface area contributed by atoms with Crippen molar-refractivity contribution in [2.45, 2.75) is 20.0 Å². The highest BCUT2D eigenvalue weighted by molar-refractivity contribution is 9.10. The van der Waals surface area contributed by atoms with Crippen molar-refractivity contribution in [1.82, 2.24) is 15.1 Å². The molecule has 1 N–H and O–H groups in total. The van der Waals surface area contributed by atoms with Crippen LogP contribution in [0.3, 0.4) is 0 Å². The topological polar surface area (TPSA) is 29.9 Å². The Bertz CT molecular complexity index is 501. The maximum absolute atomic E-state index is 5.98. The first-order chi connectivity index (χ1) is 8.06. The van der Waals surface area contributed by atoms with Crippen LogP contribution in [-0.4, -0.2) is 9.78 Å². The van der Waals surface area contributed by atoms with Gasteiger partial charge in [-0.2, -0.15) is 5.10 Å². The summed E-state index contributed by atoms with van der Waals surface area (Å²) in [6.45, 7) is 3.67. The van der Waals surface area contributed by atoms with Gasteiger partial charge < -0.3 is 5.32 Å². The highest BCUT2D eigenvalue weighted by Gasteiger charge is 2.05. The van der Waals surface area contributed by atoms with Gasteiger partial charge in [0.25, 0.3) is 0 Å². The largest absolute Gasteiger partial charge is 0.308 e. The molecule has 17 heavy (non-hydrogen) atoms. The number of halogens is 2. The van der Waals surface area contributed by atoms with Crippen LogP contribution in [0, 0.1) is 6.92 Å². The van der Waals surface area contributed by atoms with Crippen molar-refractivity contribution in [2.24, 2.45) is 7.05 Å². The van der Waals surface area contributed by atoms with Gasteiger partial charge in [0.1, 0.15) is 4.34 Å². The molecule has 0 saturated carbocycles. The number of nitrogens with zero attached hydrogens (tertiary/aromatic N) is 2. The van der Waals surface area contributed by atoms with Gasteiger partial charge in [-0.3, -0.25) is 4.68 Å². The summed E-state index contributed by atoms with van der Waals surface area (Å²) < 4.78 is 3.61. The zero-order valence-corrected chi connectivity index (χ0v) is 12.8. The van der Waals surface area contributed by atoms with Crippen molar-refractivity contribution < 1.29 is 0 Å². The van der Waals surface area contributed by atoms with Crippen LogP contribution in [0.5, 0.6) is 0 Å². The van der Waals surface area contributed by atoms with Crippen molar-refractivity contribution in [3.63, 3.8) is 0 Å². The average Bonchev–Trinajstić information content (AvgIpc) is 2.72. The minimum atomic E-state index is 0.805. The fourth-order valence-electron chi connectivity index (χ4n) is 1.62. The van der Waals surface area contributed by atoms with Crippen LogP contribution >= 0.6 is 38.9 Å². The lowest BCUT2D eigenvalue weighted by Crippen LogP contribution is -2.11. The fraction of sp³-hybridized carbons (Fsp3) is 0.364. The Morgan fingerprint density at radius 2 is 2.29 bits per heavy atom. The lowest BCUT2D eigenvalue weighted by Gasteiger charge is -2.01. The minimum absolute atomic E-state index is 0.805. The first kappa shape index (κ1) is 13.1. The molecule has 0 atom stereocenters. The Balaban J connectivity index is 1.89. The number of nitrogens with one attached hydrogen (secondary N) is 1. The first-order valence-electron chi connectivity index (χ1n) is 5.20. The van der Waals surface area contributed by atoms with Crippen LogP contribution in [0.15, 0.2) is 16.7 Å². The summed E-state index contributed by atoms with van der Waals surface area (Å²) in [7, 11) is 1.94.